The Hall–Kier alpha value is -0.940. The van der Waals surface area contributed by atoms with E-state index >= 15 is 0 Å². The molecule has 0 saturated heterocycles. The summed E-state index contributed by atoms with van der Waals surface area (Å²) < 4.78 is 11.0. The first kappa shape index (κ1) is 15.1. The minimum absolute atomic E-state index is 0.402. The van der Waals surface area contributed by atoms with Gasteiger partial charge in [-0.25, -0.2) is 0 Å². The van der Waals surface area contributed by atoms with E-state index in [1.165, 1.54) is 0 Å². The molecular weight excluding hydrogens is 230 g/mol. The van der Waals surface area contributed by atoms with Gasteiger partial charge in [-0.2, -0.15) is 4.98 Å². The molecule has 1 heterocycles. The Morgan fingerprint density at radius 3 is 2.17 bits per heavy atom. The predicted octanol–water partition coefficient (Wildman–Crippen LogP) is 2.36. The summed E-state index contributed by atoms with van der Waals surface area (Å²) in [5.74, 6) is 1.09. The highest BCUT2D eigenvalue weighted by atomic mass is 16.5. The van der Waals surface area contributed by atoms with Crippen LogP contribution < -0.4 is 5.73 Å². The van der Waals surface area contributed by atoms with Crippen LogP contribution >= 0.6 is 0 Å². The largest absolute Gasteiger partial charge is 0.368 e. The van der Waals surface area contributed by atoms with Crippen LogP contribution in [0.3, 0.4) is 0 Å². The van der Waals surface area contributed by atoms with Crippen molar-refractivity contribution in [3.8, 4) is 0 Å². The number of nitrogens with zero attached hydrogens (tertiary/aromatic N) is 2. The molecule has 0 unspecified atom stereocenters. The normalized spacial score (nSPS) is 14.0. The van der Waals surface area contributed by atoms with Gasteiger partial charge in [0, 0.05) is 12.1 Å². The van der Waals surface area contributed by atoms with Crippen molar-refractivity contribution in [2.24, 2.45) is 5.73 Å². The van der Waals surface area contributed by atoms with E-state index in [4.69, 9.17) is 15.0 Å². The molecule has 0 aliphatic carbocycles. The van der Waals surface area contributed by atoms with Gasteiger partial charge >= 0.3 is 0 Å². The Morgan fingerprint density at radius 1 is 1.17 bits per heavy atom. The minimum Gasteiger partial charge on any atom is -0.368 e. The van der Waals surface area contributed by atoms with Crippen LogP contribution in [-0.2, 0) is 15.8 Å². The Balaban J connectivity index is 3.08. The fraction of sp³-hybridized carbons (Fsp3) is 0.846. The SMILES string of the molecule is CCOC(C)(C)c1noc(C(C)(C)C(C)(C)N)n1. The van der Waals surface area contributed by atoms with Crippen molar-refractivity contribution in [3.05, 3.63) is 11.7 Å². The number of hydrogen-bond acceptors (Lipinski definition) is 5. The third-order valence-electron chi connectivity index (χ3n) is 3.62. The van der Waals surface area contributed by atoms with Gasteiger partial charge in [-0.05, 0) is 48.5 Å². The number of ether oxygens (including phenoxy) is 1. The number of aromatic nitrogens is 2. The van der Waals surface area contributed by atoms with E-state index in [0.717, 1.165) is 0 Å². The molecule has 1 aromatic heterocycles. The second kappa shape index (κ2) is 4.63. The van der Waals surface area contributed by atoms with Gasteiger partial charge < -0.3 is 15.0 Å². The van der Waals surface area contributed by atoms with Crippen LogP contribution in [0.25, 0.3) is 0 Å². The number of hydrogen-bond donors (Lipinski definition) is 1. The standard InChI is InChI=1S/C13H25N3O2/c1-8-17-12(4,5)9-15-10(18-16-9)11(2,3)13(6,7)14/h8,14H2,1-7H3. The highest BCUT2D eigenvalue weighted by Gasteiger charge is 2.41. The van der Waals surface area contributed by atoms with Crippen LogP contribution in [-0.4, -0.2) is 22.3 Å². The molecule has 1 rings (SSSR count). The lowest BCUT2D eigenvalue weighted by atomic mass is 9.75. The molecule has 0 bridgehead atoms. The van der Waals surface area contributed by atoms with E-state index in [-0.39, 0.29) is 0 Å². The summed E-state index contributed by atoms with van der Waals surface area (Å²) in [7, 11) is 0. The highest BCUT2D eigenvalue weighted by Crippen LogP contribution is 2.33. The van der Waals surface area contributed by atoms with Gasteiger partial charge in [0.25, 0.3) is 0 Å². The molecule has 0 radical (unpaired) electrons. The molecule has 0 aromatic carbocycles. The summed E-state index contributed by atoms with van der Waals surface area (Å²) in [4.78, 5) is 4.46. The van der Waals surface area contributed by atoms with Crippen LogP contribution in [0.4, 0.5) is 0 Å². The predicted molar refractivity (Wildman–Crippen MR) is 70.2 cm³/mol. The molecule has 0 saturated carbocycles. The Morgan fingerprint density at radius 2 is 1.72 bits per heavy atom. The van der Waals surface area contributed by atoms with Crippen LogP contribution in [0.1, 0.15) is 60.2 Å². The summed E-state index contributed by atoms with van der Waals surface area (Å²) in [5.41, 5.74) is 4.76. The Labute approximate surface area is 109 Å². The summed E-state index contributed by atoms with van der Waals surface area (Å²) in [6.45, 7) is 14.3. The third-order valence-corrected chi connectivity index (χ3v) is 3.62. The third kappa shape index (κ3) is 2.72. The average Bonchev–Trinajstić information content (AvgIpc) is 2.64. The number of rotatable bonds is 5. The fourth-order valence-electron chi connectivity index (χ4n) is 1.42. The molecule has 0 atom stereocenters. The van der Waals surface area contributed by atoms with Gasteiger partial charge in [0.1, 0.15) is 5.60 Å². The topological polar surface area (TPSA) is 74.2 Å². The van der Waals surface area contributed by atoms with Crippen LogP contribution in [0.2, 0.25) is 0 Å². The molecule has 0 amide bonds. The van der Waals surface area contributed by atoms with Gasteiger partial charge in [0.2, 0.25) is 11.7 Å². The smallest absolute Gasteiger partial charge is 0.234 e. The van der Waals surface area contributed by atoms with Crippen molar-refractivity contribution in [1.82, 2.24) is 10.1 Å². The van der Waals surface area contributed by atoms with E-state index in [9.17, 15) is 0 Å². The first-order valence-corrected chi connectivity index (χ1v) is 6.30. The lowest BCUT2D eigenvalue weighted by molar-refractivity contribution is -0.0221. The quantitative estimate of drug-likeness (QED) is 0.874. The maximum atomic E-state index is 6.16. The summed E-state index contributed by atoms with van der Waals surface area (Å²) >= 11 is 0. The summed E-state index contributed by atoms with van der Waals surface area (Å²) in [6, 6.07) is 0. The van der Waals surface area contributed by atoms with Gasteiger partial charge in [-0.3, -0.25) is 0 Å². The number of nitrogens with two attached hydrogens (primary N) is 1. The Kier molecular flexibility index (Phi) is 3.89. The van der Waals surface area contributed by atoms with Gasteiger partial charge in [0.15, 0.2) is 0 Å². The van der Waals surface area contributed by atoms with E-state index < -0.39 is 16.6 Å². The average molecular weight is 255 g/mol. The zero-order valence-corrected chi connectivity index (χ0v) is 12.5. The molecule has 5 nitrogen and oxygen atoms in total. The van der Waals surface area contributed by atoms with Crippen molar-refractivity contribution >= 4 is 0 Å². The van der Waals surface area contributed by atoms with Crippen LogP contribution in [0.5, 0.6) is 0 Å². The van der Waals surface area contributed by atoms with Crippen molar-refractivity contribution in [2.75, 3.05) is 6.61 Å². The first-order chi connectivity index (χ1) is 8.02. The van der Waals surface area contributed by atoms with Crippen LogP contribution in [0, 0.1) is 0 Å². The molecule has 2 N–H and O–H groups in total. The molecule has 0 spiro atoms. The van der Waals surface area contributed by atoms with E-state index in [0.29, 0.717) is 18.3 Å². The minimum atomic E-state index is -0.550. The molecule has 104 valence electrons. The molecule has 0 fully saturated rings. The molecule has 0 aliphatic rings. The van der Waals surface area contributed by atoms with Crippen molar-refractivity contribution < 1.29 is 9.26 Å². The lowest BCUT2D eigenvalue weighted by Gasteiger charge is -2.34. The van der Waals surface area contributed by atoms with Gasteiger partial charge in [0.05, 0.1) is 5.41 Å². The second-order valence-corrected chi connectivity index (χ2v) is 6.21. The maximum absolute atomic E-state index is 6.16. The van der Waals surface area contributed by atoms with Gasteiger partial charge in [-0.1, -0.05) is 5.16 Å². The molecular formula is C13H25N3O2. The molecule has 1 aromatic rings. The van der Waals surface area contributed by atoms with Crippen molar-refractivity contribution in [2.45, 2.75) is 65.0 Å². The van der Waals surface area contributed by atoms with E-state index in [2.05, 4.69) is 10.1 Å². The lowest BCUT2D eigenvalue weighted by Crippen LogP contribution is -2.50. The van der Waals surface area contributed by atoms with Crippen LogP contribution in [0.15, 0.2) is 4.52 Å². The monoisotopic (exact) mass is 255 g/mol. The summed E-state index contributed by atoms with van der Waals surface area (Å²) in [5, 5.41) is 4.02. The van der Waals surface area contributed by atoms with Crippen molar-refractivity contribution in [1.29, 1.82) is 0 Å². The zero-order chi connectivity index (χ0) is 14.2. The van der Waals surface area contributed by atoms with E-state index in [1.54, 1.807) is 0 Å². The molecule has 5 heteroatoms. The highest BCUT2D eigenvalue weighted by molar-refractivity contribution is 5.12. The van der Waals surface area contributed by atoms with E-state index in [1.807, 2.05) is 48.5 Å². The molecule has 18 heavy (non-hydrogen) atoms. The first-order valence-electron chi connectivity index (χ1n) is 6.30. The fourth-order valence-corrected chi connectivity index (χ4v) is 1.42. The van der Waals surface area contributed by atoms with Crippen molar-refractivity contribution in [3.63, 3.8) is 0 Å². The Bertz CT molecular complexity index is 403. The second-order valence-electron chi connectivity index (χ2n) is 6.21. The molecule has 0 aliphatic heterocycles. The maximum Gasteiger partial charge on any atom is 0.234 e. The zero-order valence-electron chi connectivity index (χ0n) is 12.5. The summed E-state index contributed by atoms with van der Waals surface area (Å²) in [6.07, 6.45) is 0. The van der Waals surface area contributed by atoms with Gasteiger partial charge in [-0.15, -0.1) is 0 Å².